The topological polar surface area (TPSA) is 43.4 Å². The third-order valence-corrected chi connectivity index (χ3v) is 5.16. The highest BCUT2D eigenvalue weighted by Gasteiger charge is 2.30. The first kappa shape index (κ1) is 13.8. The lowest BCUT2D eigenvalue weighted by Gasteiger charge is -2.08. The molecular formula is C16H13FO3S. The molecule has 108 valence electrons. The molecule has 0 unspecified atom stereocenters. The molecule has 0 aliphatic carbocycles. The number of benzene rings is 2. The summed E-state index contributed by atoms with van der Waals surface area (Å²) in [5.41, 5.74) is 1.53. The van der Waals surface area contributed by atoms with Gasteiger partial charge in [-0.3, -0.25) is 0 Å². The average molecular weight is 304 g/mol. The van der Waals surface area contributed by atoms with Crippen LogP contribution in [0.5, 0.6) is 5.75 Å². The maximum Gasteiger partial charge on any atom is 0.206 e. The van der Waals surface area contributed by atoms with Crippen LogP contribution < -0.4 is 4.74 Å². The van der Waals surface area contributed by atoms with Gasteiger partial charge in [0.15, 0.2) is 0 Å². The van der Waals surface area contributed by atoms with Gasteiger partial charge < -0.3 is 4.74 Å². The third-order valence-electron chi connectivity index (χ3n) is 3.30. The maximum atomic E-state index is 13.2. The minimum atomic E-state index is -3.65. The van der Waals surface area contributed by atoms with E-state index in [2.05, 4.69) is 0 Å². The third kappa shape index (κ3) is 2.56. The molecule has 0 amide bonds. The standard InChI is InChI=1S/C16H13FO3S/c1-11-3-2-4-14(7-11)20-10-15-8-12-5-6-13(17)9-16(12)21(15,18)19/h2-9H,10H2,1H3. The van der Waals surface area contributed by atoms with Crippen molar-refractivity contribution in [3.8, 4) is 5.75 Å². The van der Waals surface area contributed by atoms with Crippen LogP contribution in [0.2, 0.25) is 0 Å². The molecule has 3 rings (SSSR count). The fourth-order valence-electron chi connectivity index (χ4n) is 2.23. The number of hydrogen-bond donors (Lipinski definition) is 0. The molecule has 21 heavy (non-hydrogen) atoms. The number of fused-ring (bicyclic) bond motifs is 1. The van der Waals surface area contributed by atoms with Crippen molar-refractivity contribution in [2.24, 2.45) is 0 Å². The molecule has 0 spiro atoms. The number of ether oxygens (including phenoxy) is 1. The van der Waals surface area contributed by atoms with Crippen LogP contribution >= 0.6 is 0 Å². The molecule has 0 N–H and O–H groups in total. The smallest absolute Gasteiger partial charge is 0.206 e. The Hall–Kier alpha value is -2.14. The Morgan fingerprint density at radius 3 is 2.71 bits per heavy atom. The lowest BCUT2D eigenvalue weighted by atomic mass is 10.2. The summed E-state index contributed by atoms with van der Waals surface area (Å²) >= 11 is 0. The normalized spacial score (nSPS) is 15.4. The van der Waals surface area contributed by atoms with Gasteiger partial charge >= 0.3 is 0 Å². The summed E-state index contributed by atoms with van der Waals surface area (Å²) in [5.74, 6) is 0.0415. The number of halogens is 1. The summed E-state index contributed by atoms with van der Waals surface area (Å²) in [7, 11) is -3.65. The Balaban J connectivity index is 1.85. The Morgan fingerprint density at radius 2 is 1.95 bits per heavy atom. The van der Waals surface area contributed by atoms with Crippen molar-refractivity contribution in [2.75, 3.05) is 6.61 Å². The molecule has 2 aromatic rings. The molecule has 0 fully saturated rings. The Morgan fingerprint density at radius 1 is 1.14 bits per heavy atom. The van der Waals surface area contributed by atoms with E-state index in [0.29, 0.717) is 11.3 Å². The molecule has 5 heteroatoms. The summed E-state index contributed by atoms with van der Waals surface area (Å²) in [6.45, 7) is 1.86. The molecule has 2 aromatic carbocycles. The largest absolute Gasteiger partial charge is 0.488 e. The van der Waals surface area contributed by atoms with E-state index in [1.165, 1.54) is 18.2 Å². The minimum absolute atomic E-state index is 0.00495. The van der Waals surface area contributed by atoms with Crippen LogP contribution in [0.4, 0.5) is 4.39 Å². The Bertz CT molecular complexity index is 838. The van der Waals surface area contributed by atoms with Gasteiger partial charge in [0, 0.05) is 0 Å². The first-order valence-electron chi connectivity index (χ1n) is 6.41. The maximum absolute atomic E-state index is 13.2. The van der Waals surface area contributed by atoms with E-state index >= 15 is 0 Å². The van der Waals surface area contributed by atoms with E-state index in [-0.39, 0.29) is 16.4 Å². The SMILES string of the molecule is Cc1cccc(OCC2=Cc3ccc(F)cc3S2(=O)=O)c1. The molecule has 1 heterocycles. The molecule has 0 atom stereocenters. The summed E-state index contributed by atoms with van der Waals surface area (Å²) < 4.78 is 43.4. The fraction of sp³-hybridized carbons (Fsp3) is 0.125. The predicted octanol–water partition coefficient (Wildman–Crippen LogP) is 3.34. The second-order valence-corrected chi connectivity index (χ2v) is 6.87. The van der Waals surface area contributed by atoms with Gasteiger partial charge in [-0.2, -0.15) is 0 Å². The van der Waals surface area contributed by atoms with Gasteiger partial charge in [0.1, 0.15) is 18.2 Å². The summed E-state index contributed by atoms with van der Waals surface area (Å²) in [6, 6.07) is 11.1. The van der Waals surface area contributed by atoms with E-state index in [4.69, 9.17) is 4.74 Å². The highest BCUT2D eigenvalue weighted by atomic mass is 32.2. The van der Waals surface area contributed by atoms with Crippen LogP contribution in [0.25, 0.3) is 6.08 Å². The summed E-state index contributed by atoms with van der Waals surface area (Å²) in [5, 5.41) is 0. The van der Waals surface area contributed by atoms with Crippen molar-refractivity contribution in [1.29, 1.82) is 0 Å². The second kappa shape index (κ2) is 5.00. The molecule has 3 nitrogen and oxygen atoms in total. The number of sulfone groups is 1. The van der Waals surface area contributed by atoms with Crippen LogP contribution in [0.3, 0.4) is 0 Å². The van der Waals surface area contributed by atoms with Crippen molar-refractivity contribution in [2.45, 2.75) is 11.8 Å². The minimum Gasteiger partial charge on any atom is -0.488 e. The monoisotopic (exact) mass is 304 g/mol. The molecule has 1 aliphatic heterocycles. The van der Waals surface area contributed by atoms with Crippen LogP contribution in [0.1, 0.15) is 11.1 Å². The molecule has 0 aromatic heterocycles. The van der Waals surface area contributed by atoms with Gasteiger partial charge in [-0.15, -0.1) is 0 Å². The Kier molecular flexibility index (Phi) is 3.29. The average Bonchev–Trinajstić information content (AvgIpc) is 2.68. The number of rotatable bonds is 3. The van der Waals surface area contributed by atoms with Crippen LogP contribution in [0, 0.1) is 12.7 Å². The van der Waals surface area contributed by atoms with Crippen molar-refractivity contribution < 1.29 is 17.5 Å². The fourth-order valence-corrected chi connectivity index (χ4v) is 3.71. The van der Waals surface area contributed by atoms with Crippen molar-refractivity contribution in [3.63, 3.8) is 0 Å². The van der Waals surface area contributed by atoms with Crippen molar-refractivity contribution >= 4 is 15.9 Å². The zero-order valence-corrected chi connectivity index (χ0v) is 12.2. The molecule has 0 radical (unpaired) electrons. The van der Waals surface area contributed by atoms with Gasteiger partial charge in [0.2, 0.25) is 9.84 Å². The highest BCUT2D eigenvalue weighted by Crippen LogP contribution is 2.33. The first-order valence-corrected chi connectivity index (χ1v) is 7.90. The Labute approximate surface area is 122 Å². The van der Waals surface area contributed by atoms with Crippen LogP contribution in [-0.4, -0.2) is 15.0 Å². The molecular weight excluding hydrogens is 291 g/mol. The lowest BCUT2D eigenvalue weighted by molar-refractivity contribution is 0.359. The van der Waals surface area contributed by atoms with Gasteiger partial charge in [0.05, 0.1) is 9.80 Å². The second-order valence-electron chi connectivity index (χ2n) is 4.90. The van der Waals surface area contributed by atoms with Gasteiger partial charge in [-0.05, 0) is 48.4 Å². The van der Waals surface area contributed by atoms with Gasteiger partial charge in [0.25, 0.3) is 0 Å². The molecule has 0 saturated heterocycles. The van der Waals surface area contributed by atoms with E-state index in [1.54, 1.807) is 6.07 Å². The predicted molar refractivity (Wildman–Crippen MR) is 78.2 cm³/mol. The van der Waals surface area contributed by atoms with E-state index in [9.17, 15) is 12.8 Å². The van der Waals surface area contributed by atoms with Gasteiger partial charge in [-0.25, -0.2) is 12.8 Å². The van der Waals surface area contributed by atoms with E-state index in [1.807, 2.05) is 25.1 Å². The summed E-state index contributed by atoms with van der Waals surface area (Å²) in [4.78, 5) is 0.148. The number of hydrogen-bond acceptors (Lipinski definition) is 3. The molecule has 0 saturated carbocycles. The van der Waals surface area contributed by atoms with Crippen LogP contribution in [-0.2, 0) is 9.84 Å². The first-order chi connectivity index (χ1) is 9.96. The highest BCUT2D eigenvalue weighted by molar-refractivity contribution is 7.95. The quantitative estimate of drug-likeness (QED) is 0.873. The summed E-state index contributed by atoms with van der Waals surface area (Å²) in [6.07, 6.45) is 1.53. The van der Waals surface area contributed by atoms with Crippen LogP contribution in [0.15, 0.2) is 52.3 Å². The van der Waals surface area contributed by atoms with Gasteiger partial charge in [-0.1, -0.05) is 18.2 Å². The van der Waals surface area contributed by atoms with Crippen molar-refractivity contribution in [1.82, 2.24) is 0 Å². The number of aryl methyl sites for hydroxylation is 1. The zero-order valence-electron chi connectivity index (χ0n) is 11.3. The molecule has 1 aliphatic rings. The zero-order chi connectivity index (χ0) is 15.0. The van der Waals surface area contributed by atoms with Crippen molar-refractivity contribution in [3.05, 3.63) is 64.3 Å². The lowest BCUT2D eigenvalue weighted by Crippen LogP contribution is -2.09. The molecule has 0 bridgehead atoms. The van der Waals surface area contributed by atoms with E-state index < -0.39 is 15.7 Å². The van der Waals surface area contributed by atoms with E-state index in [0.717, 1.165) is 11.6 Å².